The molecule has 0 aromatic heterocycles. The third-order valence-electron chi connectivity index (χ3n) is 2.49. The van der Waals surface area contributed by atoms with Crippen LogP contribution in [0.25, 0.3) is 0 Å². The second-order valence-electron chi connectivity index (χ2n) is 3.63. The average Bonchev–Trinajstić information content (AvgIpc) is 2.36. The van der Waals surface area contributed by atoms with Crippen LogP contribution in [0, 0.1) is 0 Å². The van der Waals surface area contributed by atoms with Crippen molar-refractivity contribution in [3.05, 3.63) is 35.9 Å². The van der Waals surface area contributed by atoms with Crippen LogP contribution in [0.5, 0.6) is 0 Å². The van der Waals surface area contributed by atoms with E-state index in [0.29, 0.717) is 0 Å². The maximum Gasteiger partial charge on any atom is 0.336 e. The Balaban J connectivity index is 3.25. The van der Waals surface area contributed by atoms with Crippen LogP contribution < -0.4 is 11.5 Å². The van der Waals surface area contributed by atoms with Crippen LogP contribution in [0.3, 0.4) is 0 Å². The minimum atomic E-state index is -2.12. The van der Waals surface area contributed by atoms with E-state index in [1.165, 1.54) is 12.1 Å². The maximum absolute atomic E-state index is 12.0. The summed E-state index contributed by atoms with van der Waals surface area (Å²) in [6, 6.07) is 6.88. The number of carbonyl (C=O) groups excluding carboxylic acids is 1. The zero-order valence-corrected chi connectivity index (χ0v) is 9.93. The number of hydrogen-bond donors (Lipinski definition) is 4. The molecule has 6 heteroatoms. The molecule has 0 saturated heterocycles. The Labute approximate surface area is 104 Å². The summed E-state index contributed by atoms with van der Waals surface area (Å²) in [5.41, 5.74) is 9.31. The number of ketones is 1. The molecule has 0 bridgehead atoms. The first-order chi connectivity index (χ1) is 7.94. The minimum Gasteiger partial charge on any atom is -0.479 e. The summed E-state index contributed by atoms with van der Waals surface area (Å²) in [5.74, 6) is -2.14. The molecule has 1 aromatic carbocycles. The molecule has 0 heterocycles. The molecular weight excluding hydrogens is 240 g/mol. The SMILES string of the molecule is NC(CS)C(=O)C(N)(C(=O)O)c1ccccc1. The Morgan fingerprint density at radius 1 is 1.35 bits per heavy atom. The number of benzene rings is 1. The van der Waals surface area contributed by atoms with Crippen molar-refractivity contribution in [2.24, 2.45) is 11.5 Å². The van der Waals surface area contributed by atoms with Gasteiger partial charge in [0.25, 0.3) is 0 Å². The van der Waals surface area contributed by atoms with E-state index >= 15 is 0 Å². The van der Waals surface area contributed by atoms with Gasteiger partial charge in [-0.2, -0.15) is 12.6 Å². The molecule has 1 rings (SSSR count). The van der Waals surface area contributed by atoms with E-state index in [1.54, 1.807) is 18.2 Å². The predicted molar refractivity (Wildman–Crippen MR) is 66.8 cm³/mol. The number of Topliss-reactive ketones (excluding diaryl/α,β-unsaturated/α-hetero) is 1. The highest BCUT2D eigenvalue weighted by molar-refractivity contribution is 7.80. The number of carbonyl (C=O) groups is 2. The third kappa shape index (κ3) is 2.49. The van der Waals surface area contributed by atoms with Crippen molar-refractivity contribution >= 4 is 24.4 Å². The van der Waals surface area contributed by atoms with Gasteiger partial charge in [-0.15, -0.1) is 0 Å². The molecule has 0 fully saturated rings. The van der Waals surface area contributed by atoms with Crippen LogP contribution in [-0.4, -0.2) is 28.7 Å². The van der Waals surface area contributed by atoms with Crippen molar-refractivity contribution < 1.29 is 14.7 Å². The molecule has 5 nitrogen and oxygen atoms in total. The smallest absolute Gasteiger partial charge is 0.336 e. The van der Waals surface area contributed by atoms with Gasteiger partial charge in [-0.25, -0.2) is 4.79 Å². The van der Waals surface area contributed by atoms with Gasteiger partial charge in [0.1, 0.15) is 0 Å². The van der Waals surface area contributed by atoms with Crippen LogP contribution in [-0.2, 0) is 15.1 Å². The predicted octanol–water partition coefficient (Wildman–Crippen LogP) is -0.249. The van der Waals surface area contributed by atoms with Gasteiger partial charge in [0.2, 0.25) is 5.54 Å². The first kappa shape index (κ1) is 13.7. The van der Waals surface area contributed by atoms with Gasteiger partial charge in [0.05, 0.1) is 6.04 Å². The van der Waals surface area contributed by atoms with E-state index in [2.05, 4.69) is 12.6 Å². The molecule has 0 aliphatic carbocycles. The Kier molecular flexibility index (Phi) is 4.28. The summed E-state index contributed by atoms with van der Waals surface area (Å²) in [4.78, 5) is 23.2. The van der Waals surface area contributed by atoms with Gasteiger partial charge < -0.3 is 16.6 Å². The molecule has 17 heavy (non-hydrogen) atoms. The van der Waals surface area contributed by atoms with Gasteiger partial charge in [-0.1, -0.05) is 30.3 Å². The normalized spacial score (nSPS) is 15.9. The lowest BCUT2D eigenvalue weighted by Gasteiger charge is -2.26. The molecule has 1 aromatic rings. The molecule has 0 radical (unpaired) electrons. The van der Waals surface area contributed by atoms with Crippen LogP contribution in [0.1, 0.15) is 5.56 Å². The second kappa shape index (κ2) is 5.31. The van der Waals surface area contributed by atoms with Gasteiger partial charge in [0, 0.05) is 5.75 Å². The summed E-state index contributed by atoms with van der Waals surface area (Å²) >= 11 is 3.87. The van der Waals surface area contributed by atoms with Crippen LogP contribution in [0.15, 0.2) is 30.3 Å². The minimum absolute atomic E-state index is 0.0396. The number of rotatable bonds is 5. The number of hydrogen-bond acceptors (Lipinski definition) is 5. The van der Waals surface area contributed by atoms with Crippen LogP contribution >= 0.6 is 12.6 Å². The van der Waals surface area contributed by atoms with Crippen LogP contribution in [0.4, 0.5) is 0 Å². The summed E-state index contributed by atoms with van der Waals surface area (Å²) < 4.78 is 0. The van der Waals surface area contributed by atoms with Crippen LogP contribution in [0.2, 0.25) is 0 Å². The highest BCUT2D eigenvalue weighted by Gasteiger charge is 2.45. The molecule has 0 amide bonds. The monoisotopic (exact) mass is 254 g/mol. The molecule has 0 aliphatic heterocycles. The number of nitrogens with two attached hydrogens (primary N) is 2. The zero-order chi connectivity index (χ0) is 13.1. The van der Waals surface area contributed by atoms with Crippen molar-refractivity contribution in [1.29, 1.82) is 0 Å². The molecule has 0 saturated carbocycles. The quantitative estimate of drug-likeness (QED) is 0.428. The number of thiol groups is 1. The highest BCUT2D eigenvalue weighted by atomic mass is 32.1. The molecule has 2 unspecified atom stereocenters. The fraction of sp³-hybridized carbons (Fsp3) is 0.273. The average molecular weight is 254 g/mol. The number of carboxylic acids is 1. The Morgan fingerprint density at radius 2 is 1.88 bits per heavy atom. The van der Waals surface area contributed by atoms with E-state index < -0.39 is 23.3 Å². The molecule has 92 valence electrons. The first-order valence-electron chi connectivity index (χ1n) is 4.93. The lowest BCUT2D eigenvalue weighted by molar-refractivity contribution is -0.149. The lowest BCUT2D eigenvalue weighted by atomic mass is 9.84. The maximum atomic E-state index is 12.0. The van der Waals surface area contributed by atoms with Crippen molar-refractivity contribution in [1.82, 2.24) is 0 Å². The fourth-order valence-electron chi connectivity index (χ4n) is 1.45. The van der Waals surface area contributed by atoms with Crippen molar-refractivity contribution in [2.45, 2.75) is 11.6 Å². The second-order valence-corrected chi connectivity index (χ2v) is 4.00. The van der Waals surface area contributed by atoms with E-state index in [-0.39, 0.29) is 11.3 Å². The van der Waals surface area contributed by atoms with Gasteiger partial charge >= 0.3 is 5.97 Å². The first-order valence-corrected chi connectivity index (χ1v) is 5.56. The van der Waals surface area contributed by atoms with Gasteiger partial charge in [-0.05, 0) is 5.56 Å². The lowest BCUT2D eigenvalue weighted by Crippen LogP contribution is -2.58. The molecular formula is C11H14N2O3S. The molecule has 5 N–H and O–H groups in total. The highest BCUT2D eigenvalue weighted by Crippen LogP contribution is 2.21. The number of carboxylic acid groups (broad SMARTS) is 1. The largest absolute Gasteiger partial charge is 0.479 e. The topological polar surface area (TPSA) is 106 Å². The van der Waals surface area contributed by atoms with E-state index in [9.17, 15) is 14.7 Å². The van der Waals surface area contributed by atoms with E-state index in [0.717, 1.165) is 0 Å². The summed E-state index contributed by atoms with van der Waals surface area (Å²) in [7, 11) is 0. The van der Waals surface area contributed by atoms with Gasteiger partial charge in [0.15, 0.2) is 5.78 Å². The Morgan fingerprint density at radius 3 is 2.29 bits per heavy atom. The Hall–Kier alpha value is -1.37. The molecule has 2 atom stereocenters. The van der Waals surface area contributed by atoms with Gasteiger partial charge in [-0.3, -0.25) is 4.79 Å². The Bertz CT molecular complexity index is 424. The van der Waals surface area contributed by atoms with Crippen molar-refractivity contribution in [3.63, 3.8) is 0 Å². The zero-order valence-electron chi connectivity index (χ0n) is 9.04. The molecule has 0 spiro atoms. The fourth-order valence-corrected chi connectivity index (χ4v) is 1.61. The number of aliphatic carboxylic acids is 1. The standard InChI is InChI=1S/C11H14N2O3S/c12-8(6-17)9(14)11(13,10(15)16)7-4-2-1-3-5-7/h1-5,8,17H,6,12-13H2,(H,15,16). The summed E-state index contributed by atoms with van der Waals surface area (Å²) in [5, 5.41) is 9.17. The molecule has 0 aliphatic rings. The van der Waals surface area contributed by atoms with Crippen molar-refractivity contribution in [2.75, 3.05) is 5.75 Å². The third-order valence-corrected chi connectivity index (χ3v) is 2.88. The van der Waals surface area contributed by atoms with E-state index in [1.807, 2.05) is 0 Å². The van der Waals surface area contributed by atoms with E-state index in [4.69, 9.17) is 11.5 Å². The van der Waals surface area contributed by atoms with Crippen molar-refractivity contribution in [3.8, 4) is 0 Å². The summed E-state index contributed by atoms with van der Waals surface area (Å²) in [6.07, 6.45) is 0. The summed E-state index contributed by atoms with van der Waals surface area (Å²) in [6.45, 7) is 0.